The predicted octanol–water partition coefficient (Wildman–Crippen LogP) is 1.02. The monoisotopic (exact) mass is 358 g/mol. The van der Waals surface area contributed by atoms with Crippen molar-refractivity contribution in [2.75, 3.05) is 26.3 Å². The molecule has 26 heavy (non-hydrogen) atoms. The van der Waals surface area contributed by atoms with Gasteiger partial charge in [-0.3, -0.25) is 14.8 Å². The summed E-state index contributed by atoms with van der Waals surface area (Å²) in [7, 11) is 0. The lowest BCUT2D eigenvalue weighted by molar-refractivity contribution is 0.0396. The molecule has 138 valence electrons. The van der Waals surface area contributed by atoms with E-state index in [0.29, 0.717) is 37.9 Å². The molecule has 1 aliphatic heterocycles. The Morgan fingerprint density at radius 1 is 1.19 bits per heavy atom. The molecular formula is C18H22N4O4. The first-order chi connectivity index (χ1) is 12.5. The van der Waals surface area contributed by atoms with E-state index in [0.717, 1.165) is 10.1 Å². The zero-order valence-corrected chi connectivity index (χ0v) is 14.8. The van der Waals surface area contributed by atoms with E-state index in [4.69, 9.17) is 4.74 Å². The standard InChI is InChI=1S/C18H22N4O4/c1-12(2)13-3-5-14(6-4-13)22-17(24)15(16(23)20-18(22)25)11-19-21-7-9-26-10-8-21/h3-6,11-12,24H,7-10H2,1-2H3,(H,20,23,25)/b19-11+. The minimum absolute atomic E-state index is 0.0657. The Morgan fingerprint density at radius 2 is 1.85 bits per heavy atom. The van der Waals surface area contributed by atoms with E-state index >= 15 is 0 Å². The lowest BCUT2D eigenvalue weighted by atomic mass is 10.0. The molecule has 2 N–H and O–H groups in total. The second-order valence-electron chi connectivity index (χ2n) is 6.39. The van der Waals surface area contributed by atoms with Gasteiger partial charge in [-0.05, 0) is 23.6 Å². The average molecular weight is 358 g/mol. The fourth-order valence-corrected chi connectivity index (χ4v) is 2.71. The van der Waals surface area contributed by atoms with Crippen molar-refractivity contribution >= 4 is 6.21 Å². The number of benzene rings is 1. The highest BCUT2D eigenvalue weighted by molar-refractivity contribution is 5.82. The number of aromatic hydroxyl groups is 1. The second kappa shape index (κ2) is 7.57. The lowest BCUT2D eigenvalue weighted by Crippen LogP contribution is -2.34. The van der Waals surface area contributed by atoms with Crippen molar-refractivity contribution < 1.29 is 9.84 Å². The molecule has 3 rings (SSSR count). The third-order valence-electron chi connectivity index (χ3n) is 4.28. The van der Waals surface area contributed by atoms with Crippen LogP contribution >= 0.6 is 0 Å². The van der Waals surface area contributed by atoms with Crippen LogP contribution in [0.2, 0.25) is 0 Å². The van der Waals surface area contributed by atoms with Gasteiger partial charge in [-0.1, -0.05) is 26.0 Å². The maximum atomic E-state index is 12.2. The summed E-state index contributed by atoms with van der Waals surface area (Å²) in [6, 6.07) is 7.24. The van der Waals surface area contributed by atoms with Crippen molar-refractivity contribution in [1.82, 2.24) is 14.6 Å². The van der Waals surface area contributed by atoms with Crippen LogP contribution in [-0.4, -0.2) is 52.2 Å². The van der Waals surface area contributed by atoms with Gasteiger partial charge in [-0.2, -0.15) is 5.10 Å². The average Bonchev–Trinajstić information content (AvgIpc) is 2.62. The summed E-state index contributed by atoms with van der Waals surface area (Å²) in [5, 5.41) is 16.5. The SMILES string of the molecule is CC(C)c1ccc(-n2c(O)c(/C=N/N3CCOCC3)c(=O)[nH]c2=O)cc1. The molecule has 0 saturated carbocycles. The summed E-state index contributed by atoms with van der Waals surface area (Å²) in [5.74, 6) is -0.0887. The van der Waals surface area contributed by atoms with Gasteiger partial charge in [0.05, 0.1) is 38.2 Å². The van der Waals surface area contributed by atoms with E-state index in [1.807, 2.05) is 12.1 Å². The van der Waals surface area contributed by atoms with Crippen molar-refractivity contribution in [3.63, 3.8) is 0 Å². The fourth-order valence-electron chi connectivity index (χ4n) is 2.71. The first-order valence-corrected chi connectivity index (χ1v) is 8.52. The van der Waals surface area contributed by atoms with Crippen molar-refractivity contribution in [2.24, 2.45) is 5.10 Å². The Kier molecular flexibility index (Phi) is 5.22. The molecule has 2 aromatic rings. The highest BCUT2D eigenvalue weighted by atomic mass is 16.5. The van der Waals surface area contributed by atoms with E-state index in [9.17, 15) is 14.7 Å². The quantitative estimate of drug-likeness (QED) is 0.795. The molecule has 0 unspecified atom stereocenters. The molecule has 0 radical (unpaired) electrons. The minimum Gasteiger partial charge on any atom is -0.493 e. The maximum absolute atomic E-state index is 12.2. The third-order valence-corrected chi connectivity index (χ3v) is 4.28. The molecular weight excluding hydrogens is 336 g/mol. The number of nitrogens with one attached hydrogen (secondary N) is 1. The van der Waals surface area contributed by atoms with Gasteiger partial charge < -0.3 is 9.84 Å². The van der Waals surface area contributed by atoms with Crippen LogP contribution in [0.5, 0.6) is 5.88 Å². The van der Waals surface area contributed by atoms with Crippen molar-refractivity contribution in [1.29, 1.82) is 0 Å². The van der Waals surface area contributed by atoms with Crippen LogP contribution in [0.1, 0.15) is 30.9 Å². The normalized spacial score (nSPS) is 15.1. The zero-order chi connectivity index (χ0) is 18.7. The summed E-state index contributed by atoms with van der Waals surface area (Å²) >= 11 is 0. The van der Waals surface area contributed by atoms with Crippen molar-refractivity contribution in [3.8, 4) is 11.6 Å². The van der Waals surface area contributed by atoms with Crippen molar-refractivity contribution in [3.05, 3.63) is 56.2 Å². The topological polar surface area (TPSA) is 99.9 Å². The van der Waals surface area contributed by atoms with Gasteiger partial charge in [0.1, 0.15) is 5.56 Å². The van der Waals surface area contributed by atoms with Crippen LogP contribution in [0.15, 0.2) is 39.0 Å². The number of aromatic nitrogens is 2. The number of rotatable bonds is 4. The molecule has 1 aromatic heterocycles. The molecule has 1 aromatic carbocycles. The smallest absolute Gasteiger partial charge is 0.335 e. The molecule has 0 bridgehead atoms. The Bertz CT molecular complexity index is 906. The zero-order valence-electron chi connectivity index (χ0n) is 14.8. The number of aromatic amines is 1. The van der Waals surface area contributed by atoms with Crippen LogP contribution in [-0.2, 0) is 4.74 Å². The molecule has 8 heteroatoms. The van der Waals surface area contributed by atoms with Gasteiger partial charge in [0.25, 0.3) is 5.56 Å². The number of H-pyrrole nitrogens is 1. The molecule has 1 saturated heterocycles. The molecule has 0 spiro atoms. The van der Waals surface area contributed by atoms with E-state index in [1.165, 1.54) is 6.21 Å². The molecule has 0 atom stereocenters. The molecule has 1 fully saturated rings. The molecule has 0 amide bonds. The van der Waals surface area contributed by atoms with Crippen LogP contribution in [0.4, 0.5) is 0 Å². The summed E-state index contributed by atoms with van der Waals surface area (Å²) in [6.07, 6.45) is 1.28. The molecule has 8 nitrogen and oxygen atoms in total. The first kappa shape index (κ1) is 17.9. The molecule has 2 heterocycles. The van der Waals surface area contributed by atoms with Crippen LogP contribution < -0.4 is 11.2 Å². The van der Waals surface area contributed by atoms with Crippen LogP contribution in [0.25, 0.3) is 5.69 Å². The highest BCUT2D eigenvalue weighted by Crippen LogP contribution is 2.19. The molecule has 1 aliphatic rings. The van der Waals surface area contributed by atoms with Crippen molar-refractivity contribution in [2.45, 2.75) is 19.8 Å². The Labute approximate surface area is 150 Å². The van der Waals surface area contributed by atoms with Gasteiger partial charge in [0, 0.05) is 0 Å². The van der Waals surface area contributed by atoms with E-state index in [1.54, 1.807) is 17.1 Å². The minimum atomic E-state index is -0.701. The molecule has 0 aliphatic carbocycles. The van der Waals surface area contributed by atoms with Crippen LogP contribution in [0.3, 0.4) is 0 Å². The Morgan fingerprint density at radius 3 is 2.46 bits per heavy atom. The number of hydrogen-bond acceptors (Lipinski definition) is 6. The van der Waals surface area contributed by atoms with Gasteiger partial charge >= 0.3 is 5.69 Å². The van der Waals surface area contributed by atoms with E-state index in [-0.39, 0.29) is 5.56 Å². The summed E-state index contributed by atoms with van der Waals surface area (Å²) in [4.78, 5) is 26.5. The lowest BCUT2D eigenvalue weighted by Gasteiger charge is -2.23. The van der Waals surface area contributed by atoms with E-state index in [2.05, 4.69) is 23.9 Å². The number of nitrogens with zero attached hydrogens (tertiary/aromatic N) is 3. The summed E-state index contributed by atoms with van der Waals surface area (Å²) in [6.45, 7) is 6.46. The predicted molar refractivity (Wildman–Crippen MR) is 98.4 cm³/mol. The van der Waals surface area contributed by atoms with Gasteiger partial charge in [-0.15, -0.1) is 0 Å². The van der Waals surface area contributed by atoms with Gasteiger partial charge in [-0.25, -0.2) is 9.36 Å². The Balaban J connectivity index is 1.99. The maximum Gasteiger partial charge on any atom is 0.335 e. The van der Waals surface area contributed by atoms with E-state index < -0.39 is 17.1 Å². The largest absolute Gasteiger partial charge is 0.493 e. The number of morpholine rings is 1. The summed E-state index contributed by atoms with van der Waals surface area (Å²) in [5.41, 5.74) is 0.130. The number of hydrazone groups is 1. The summed E-state index contributed by atoms with van der Waals surface area (Å²) < 4.78 is 6.30. The third kappa shape index (κ3) is 3.70. The second-order valence-corrected chi connectivity index (χ2v) is 6.39. The highest BCUT2D eigenvalue weighted by Gasteiger charge is 2.15. The number of ether oxygens (including phenoxy) is 1. The first-order valence-electron chi connectivity index (χ1n) is 8.52. The Hall–Kier alpha value is -2.87. The van der Waals surface area contributed by atoms with Crippen LogP contribution in [0, 0.1) is 0 Å². The fraction of sp³-hybridized carbons (Fsp3) is 0.389. The van der Waals surface area contributed by atoms with Gasteiger partial charge in [0.2, 0.25) is 5.88 Å². The van der Waals surface area contributed by atoms with Gasteiger partial charge in [0.15, 0.2) is 0 Å². The number of hydrogen-bond donors (Lipinski definition) is 2.